The van der Waals surface area contributed by atoms with E-state index in [1.165, 1.54) is 0 Å². The number of nitrogens with two attached hydrogens (primary N) is 2. The van der Waals surface area contributed by atoms with E-state index in [2.05, 4.69) is 10.2 Å². The molecule has 0 saturated carbocycles. The minimum absolute atomic E-state index is 0.0299. The standard InChI is InChI=1S/C10H17N5O2/c11-4-1-8-13-14-10(17-8)15-5-2-7(3-6-15)9(12)16/h7H,1-6,11H2,(H2,12,16). The van der Waals surface area contributed by atoms with Crippen LogP contribution in [0.15, 0.2) is 4.42 Å². The van der Waals surface area contributed by atoms with Crippen LogP contribution in [-0.4, -0.2) is 35.7 Å². The highest BCUT2D eigenvalue weighted by Crippen LogP contribution is 2.21. The molecule has 7 nitrogen and oxygen atoms in total. The molecule has 0 aliphatic carbocycles. The number of nitrogens with zero attached hydrogens (tertiary/aromatic N) is 3. The highest BCUT2D eigenvalue weighted by Gasteiger charge is 2.25. The van der Waals surface area contributed by atoms with Crippen molar-refractivity contribution >= 4 is 11.9 Å². The van der Waals surface area contributed by atoms with Crippen molar-refractivity contribution in [2.75, 3.05) is 24.5 Å². The first kappa shape index (κ1) is 11.8. The summed E-state index contributed by atoms with van der Waals surface area (Å²) in [6, 6.07) is 0.511. The number of anilines is 1. The van der Waals surface area contributed by atoms with Gasteiger partial charge in [0.05, 0.1) is 0 Å². The van der Waals surface area contributed by atoms with E-state index in [1.54, 1.807) is 0 Å². The molecule has 1 amide bonds. The zero-order valence-electron chi connectivity index (χ0n) is 9.63. The predicted octanol–water partition coefficient (Wildman–Crippen LogP) is -0.727. The largest absolute Gasteiger partial charge is 0.408 e. The van der Waals surface area contributed by atoms with Crippen molar-refractivity contribution in [3.05, 3.63) is 5.89 Å². The van der Waals surface area contributed by atoms with E-state index in [-0.39, 0.29) is 11.8 Å². The lowest BCUT2D eigenvalue weighted by atomic mass is 9.97. The van der Waals surface area contributed by atoms with Gasteiger partial charge in [-0.05, 0) is 12.8 Å². The van der Waals surface area contributed by atoms with Crippen LogP contribution in [0.3, 0.4) is 0 Å². The number of hydrogen-bond donors (Lipinski definition) is 2. The molecule has 4 N–H and O–H groups in total. The summed E-state index contributed by atoms with van der Waals surface area (Å²) in [6.07, 6.45) is 2.07. The minimum atomic E-state index is -0.223. The molecule has 1 aromatic rings. The van der Waals surface area contributed by atoms with Gasteiger partial charge in [0, 0.05) is 32.0 Å². The first-order valence-electron chi connectivity index (χ1n) is 5.77. The molecule has 0 spiro atoms. The van der Waals surface area contributed by atoms with Crippen molar-refractivity contribution in [3.8, 4) is 0 Å². The van der Waals surface area contributed by atoms with Gasteiger partial charge in [-0.1, -0.05) is 5.10 Å². The molecule has 0 unspecified atom stereocenters. The molecule has 0 bridgehead atoms. The van der Waals surface area contributed by atoms with Gasteiger partial charge in [0.1, 0.15) is 0 Å². The maximum atomic E-state index is 11.0. The zero-order valence-corrected chi connectivity index (χ0v) is 9.63. The van der Waals surface area contributed by atoms with Crippen molar-refractivity contribution in [2.24, 2.45) is 17.4 Å². The molecule has 17 heavy (non-hydrogen) atoms. The number of piperidine rings is 1. The third-order valence-corrected chi connectivity index (χ3v) is 2.98. The van der Waals surface area contributed by atoms with E-state index < -0.39 is 0 Å². The number of aromatic nitrogens is 2. The Morgan fingerprint density at radius 2 is 2.12 bits per heavy atom. The summed E-state index contributed by atoms with van der Waals surface area (Å²) >= 11 is 0. The Labute approximate surface area is 99.1 Å². The fourth-order valence-corrected chi connectivity index (χ4v) is 1.95. The average molecular weight is 239 g/mol. The Hall–Kier alpha value is -1.63. The molecular weight excluding hydrogens is 222 g/mol. The van der Waals surface area contributed by atoms with Crippen LogP contribution in [0.1, 0.15) is 18.7 Å². The second-order valence-corrected chi connectivity index (χ2v) is 4.18. The van der Waals surface area contributed by atoms with Crippen LogP contribution < -0.4 is 16.4 Å². The highest BCUT2D eigenvalue weighted by molar-refractivity contribution is 5.76. The van der Waals surface area contributed by atoms with Crippen LogP contribution in [0, 0.1) is 5.92 Å². The summed E-state index contributed by atoms with van der Waals surface area (Å²) < 4.78 is 5.47. The molecule has 2 rings (SSSR count). The van der Waals surface area contributed by atoms with E-state index in [9.17, 15) is 4.79 Å². The molecule has 1 aromatic heterocycles. The second-order valence-electron chi connectivity index (χ2n) is 4.18. The number of rotatable bonds is 4. The van der Waals surface area contributed by atoms with E-state index in [1.807, 2.05) is 4.90 Å². The van der Waals surface area contributed by atoms with Crippen LogP contribution in [0.4, 0.5) is 6.01 Å². The van der Waals surface area contributed by atoms with Gasteiger partial charge in [0.25, 0.3) is 0 Å². The van der Waals surface area contributed by atoms with E-state index >= 15 is 0 Å². The summed E-state index contributed by atoms with van der Waals surface area (Å²) in [4.78, 5) is 13.0. The fraction of sp³-hybridized carbons (Fsp3) is 0.700. The summed E-state index contributed by atoms with van der Waals surface area (Å²) in [5.41, 5.74) is 10.7. The molecule has 0 aromatic carbocycles. The lowest BCUT2D eigenvalue weighted by Gasteiger charge is -2.28. The van der Waals surface area contributed by atoms with Gasteiger partial charge in [-0.25, -0.2) is 0 Å². The molecule has 1 aliphatic rings. The van der Waals surface area contributed by atoms with Crippen LogP contribution in [-0.2, 0) is 11.2 Å². The molecule has 0 atom stereocenters. The summed E-state index contributed by atoms with van der Waals surface area (Å²) in [6.45, 7) is 1.93. The van der Waals surface area contributed by atoms with Crippen LogP contribution in [0.2, 0.25) is 0 Å². The number of primary amides is 1. The lowest BCUT2D eigenvalue weighted by Crippen LogP contribution is -2.38. The van der Waals surface area contributed by atoms with E-state index in [0.29, 0.717) is 24.9 Å². The van der Waals surface area contributed by atoms with Crippen molar-refractivity contribution < 1.29 is 9.21 Å². The monoisotopic (exact) mass is 239 g/mol. The molecule has 1 fully saturated rings. The summed E-state index contributed by atoms with van der Waals surface area (Å²) in [7, 11) is 0. The molecule has 0 radical (unpaired) electrons. The number of carbonyl (C=O) groups is 1. The SMILES string of the molecule is NCCc1nnc(N2CCC(C(N)=O)CC2)o1. The van der Waals surface area contributed by atoms with Gasteiger partial charge in [-0.15, -0.1) is 5.10 Å². The highest BCUT2D eigenvalue weighted by atomic mass is 16.4. The summed E-state index contributed by atoms with van der Waals surface area (Å²) in [5, 5.41) is 7.87. The van der Waals surface area contributed by atoms with Crippen LogP contribution in [0.5, 0.6) is 0 Å². The molecular formula is C10H17N5O2. The Morgan fingerprint density at radius 1 is 1.41 bits per heavy atom. The van der Waals surface area contributed by atoms with Gasteiger partial charge < -0.3 is 20.8 Å². The smallest absolute Gasteiger partial charge is 0.318 e. The quantitative estimate of drug-likeness (QED) is 0.716. The van der Waals surface area contributed by atoms with Gasteiger partial charge >= 0.3 is 6.01 Å². The molecule has 1 aliphatic heterocycles. The van der Waals surface area contributed by atoms with Gasteiger partial charge in [-0.3, -0.25) is 4.79 Å². The first-order valence-corrected chi connectivity index (χ1v) is 5.77. The number of carbonyl (C=O) groups excluding carboxylic acids is 1. The third kappa shape index (κ3) is 2.73. The maximum absolute atomic E-state index is 11.0. The number of amides is 1. The van der Waals surface area contributed by atoms with Crippen LogP contribution in [0.25, 0.3) is 0 Å². The van der Waals surface area contributed by atoms with Gasteiger partial charge in [0.15, 0.2) is 0 Å². The Morgan fingerprint density at radius 3 is 2.71 bits per heavy atom. The van der Waals surface area contributed by atoms with E-state index in [0.717, 1.165) is 25.9 Å². The van der Waals surface area contributed by atoms with E-state index in [4.69, 9.17) is 15.9 Å². The predicted molar refractivity (Wildman–Crippen MR) is 61.2 cm³/mol. The minimum Gasteiger partial charge on any atom is -0.408 e. The summed E-state index contributed by atoms with van der Waals surface area (Å²) in [5.74, 6) is 0.302. The first-order chi connectivity index (χ1) is 8.20. The molecule has 94 valence electrons. The normalized spacial score (nSPS) is 17.4. The van der Waals surface area contributed by atoms with Gasteiger partial charge in [-0.2, -0.15) is 0 Å². The molecule has 1 saturated heterocycles. The Kier molecular flexibility index (Phi) is 3.58. The van der Waals surface area contributed by atoms with Gasteiger partial charge in [0.2, 0.25) is 11.8 Å². The molecule has 2 heterocycles. The van der Waals surface area contributed by atoms with Crippen LogP contribution >= 0.6 is 0 Å². The topological polar surface area (TPSA) is 111 Å². The average Bonchev–Trinajstić information content (AvgIpc) is 2.78. The lowest BCUT2D eigenvalue weighted by molar-refractivity contribution is -0.122. The third-order valence-electron chi connectivity index (χ3n) is 2.98. The Balaban J connectivity index is 1.93. The van der Waals surface area contributed by atoms with Crippen molar-refractivity contribution in [3.63, 3.8) is 0 Å². The number of hydrogen-bond acceptors (Lipinski definition) is 6. The fourth-order valence-electron chi connectivity index (χ4n) is 1.95. The zero-order chi connectivity index (χ0) is 12.3. The van der Waals surface area contributed by atoms with Crippen molar-refractivity contribution in [1.29, 1.82) is 0 Å². The van der Waals surface area contributed by atoms with Crippen molar-refractivity contribution in [2.45, 2.75) is 19.3 Å². The Bertz CT molecular complexity index is 384. The maximum Gasteiger partial charge on any atom is 0.318 e. The van der Waals surface area contributed by atoms with Crippen molar-refractivity contribution in [1.82, 2.24) is 10.2 Å². The second kappa shape index (κ2) is 5.13. The molecule has 7 heteroatoms.